The zero-order chi connectivity index (χ0) is 22.4. The van der Waals surface area contributed by atoms with Gasteiger partial charge in [0, 0.05) is 42.1 Å². The first kappa shape index (κ1) is 22.0. The fourth-order valence-electron chi connectivity index (χ4n) is 4.16. The van der Waals surface area contributed by atoms with Crippen molar-refractivity contribution >= 4 is 30.9 Å². The van der Waals surface area contributed by atoms with E-state index in [4.69, 9.17) is 0 Å². The van der Waals surface area contributed by atoms with Gasteiger partial charge in [0.1, 0.15) is 0 Å². The molecule has 1 atom stereocenters. The number of rotatable bonds is 5. The van der Waals surface area contributed by atoms with Gasteiger partial charge in [-0.3, -0.25) is 0 Å². The Kier molecular flexibility index (Phi) is 5.72. The van der Waals surface area contributed by atoms with E-state index in [1.54, 1.807) is 24.3 Å². The van der Waals surface area contributed by atoms with Crippen LogP contribution in [0.5, 0.6) is 0 Å². The summed E-state index contributed by atoms with van der Waals surface area (Å²) < 4.78 is 54.3. The monoisotopic (exact) mass is 461 g/mol. The Labute approximate surface area is 183 Å². The van der Waals surface area contributed by atoms with Crippen molar-refractivity contribution in [3.05, 3.63) is 64.8 Å². The summed E-state index contributed by atoms with van der Waals surface area (Å²) in [6.45, 7) is 4.58. The van der Waals surface area contributed by atoms with Crippen molar-refractivity contribution in [1.29, 1.82) is 0 Å². The van der Waals surface area contributed by atoms with E-state index in [1.165, 1.54) is 4.31 Å². The van der Waals surface area contributed by atoms with E-state index in [0.717, 1.165) is 39.5 Å². The fourth-order valence-corrected chi connectivity index (χ4v) is 6.15. The molecule has 0 spiro atoms. The van der Waals surface area contributed by atoms with Crippen LogP contribution in [0.3, 0.4) is 0 Å². The molecule has 0 aliphatic carbocycles. The van der Waals surface area contributed by atoms with Crippen molar-refractivity contribution in [2.24, 2.45) is 0 Å². The molecule has 2 heterocycles. The first-order valence-corrected chi connectivity index (χ1v) is 13.5. The molecule has 0 saturated heterocycles. The molecule has 31 heavy (non-hydrogen) atoms. The van der Waals surface area contributed by atoms with E-state index in [9.17, 15) is 16.8 Å². The molecule has 1 aromatic heterocycles. The minimum Gasteiger partial charge on any atom is -0.358 e. The van der Waals surface area contributed by atoms with Crippen LogP contribution in [0.2, 0.25) is 0 Å². The second-order valence-electron chi connectivity index (χ2n) is 8.31. The van der Waals surface area contributed by atoms with Gasteiger partial charge in [-0.1, -0.05) is 29.3 Å². The summed E-state index contributed by atoms with van der Waals surface area (Å²) in [5, 5.41) is 1.06. The predicted octanol–water partition coefficient (Wildman–Crippen LogP) is 2.66. The Hall–Kier alpha value is -2.20. The Bertz CT molecular complexity index is 1330. The number of aromatic amines is 1. The standard InChI is InChI=1S/C22H27N3O4S2/c1-15-4-7-18(8-5-15)31(28,29)25-11-10-19-20-12-16(2)6-9-21(20)24-22(19)17(14-25)13-23-30(3,26)27/h4-9,12,17,23-24H,10-11,13-14H2,1-3H3. The molecule has 0 amide bonds. The Morgan fingerprint density at radius 1 is 1.03 bits per heavy atom. The van der Waals surface area contributed by atoms with Gasteiger partial charge < -0.3 is 4.98 Å². The Morgan fingerprint density at radius 3 is 2.39 bits per heavy atom. The van der Waals surface area contributed by atoms with E-state index in [2.05, 4.69) is 15.8 Å². The third-order valence-corrected chi connectivity index (χ3v) is 8.36. The molecule has 2 N–H and O–H groups in total. The van der Waals surface area contributed by atoms with Crippen LogP contribution in [-0.2, 0) is 26.5 Å². The van der Waals surface area contributed by atoms with Gasteiger partial charge in [-0.05, 0) is 50.1 Å². The average molecular weight is 462 g/mol. The SMILES string of the molecule is Cc1ccc(S(=O)(=O)N2CCc3c([nH]c4ccc(C)cc34)C(CNS(C)(=O)=O)C2)cc1. The normalized spacial score (nSPS) is 18.1. The lowest BCUT2D eigenvalue weighted by molar-refractivity contribution is 0.395. The largest absolute Gasteiger partial charge is 0.358 e. The topological polar surface area (TPSA) is 99.3 Å². The average Bonchev–Trinajstić information content (AvgIpc) is 2.93. The third-order valence-electron chi connectivity index (χ3n) is 5.79. The van der Waals surface area contributed by atoms with E-state index in [-0.39, 0.29) is 23.9 Å². The lowest BCUT2D eigenvalue weighted by atomic mass is 9.99. The highest BCUT2D eigenvalue weighted by Crippen LogP contribution is 2.33. The van der Waals surface area contributed by atoms with Crippen LogP contribution < -0.4 is 4.72 Å². The van der Waals surface area contributed by atoms with Crippen molar-refractivity contribution in [3.8, 4) is 0 Å². The van der Waals surface area contributed by atoms with Crippen molar-refractivity contribution in [1.82, 2.24) is 14.0 Å². The van der Waals surface area contributed by atoms with E-state index in [0.29, 0.717) is 13.0 Å². The highest BCUT2D eigenvalue weighted by Gasteiger charge is 2.33. The van der Waals surface area contributed by atoms with Crippen LogP contribution in [0, 0.1) is 13.8 Å². The van der Waals surface area contributed by atoms with Crippen LogP contribution in [0.25, 0.3) is 10.9 Å². The quantitative estimate of drug-likeness (QED) is 0.610. The first-order valence-electron chi connectivity index (χ1n) is 10.2. The molecule has 0 saturated carbocycles. The molecule has 0 bridgehead atoms. The van der Waals surface area contributed by atoms with Crippen molar-refractivity contribution < 1.29 is 16.8 Å². The van der Waals surface area contributed by atoms with Gasteiger partial charge in [0.2, 0.25) is 20.0 Å². The number of nitrogens with zero attached hydrogens (tertiary/aromatic N) is 1. The molecule has 4 rings (SSSR count). The first-order chi connectivity index (χ1) is 14.5. The van der Waals surface area contributed by atoms with Crippen molar-refractivity contribution in [2.45, 2.75) is 31.1 Å². The van der Waals surface area contributed by atoms with Gasteiger partial charge in [0.05, 0.1) is 11.2 Å². The van der Waals surface area contributed by atoms with E-state index < -0.39 is 20.0 Å². The molecular formula is C22H27N3O4S2. The highest BCUT2D eigenvalue weighted by atomic mass is 32.2. The highest BCUT2D eigenvalue weighted by molar-refractivity contribution is 7.89. The van der Waals surface area contributed by atoms with Gasteiger partial charge >= 0.3 is 0 Å². The zero-order valence-electron chi connectivity index (χ0n) is 17.8. The number of aromatic nitrogens is 1. The van der Waals surface area contributed by atoms with Gasteiger partial charge in [0.25, 0.3) is 0 Å². The third kappa shape index (κ3) is 4.55. The molecule has 1 aliphatic heterocycles. The lowest BCUT2D eigenvalue weighted by Gasteiger charge is -2.24. The number of sulfonamides is 2. The lowest BCUT2D eigenvalue weighted by Crippen LogP contribution is -2.38. The molecule has 1 aliphatic rings. The number of hydrogen-bond donors (Lipinski definition) is 2. The van der Waals surface area contributed by atoms with Crippen LogP contribution in [-0.4, -0.2) is 52.0 Å². The summed E-state index contributed by atoms with van der Waals surface area (Å²) >= 11 is 0. The summed E-state index contributed by atoms with van der Waals surface area (Å²) in [7, 11) is -7.12. The molecule has 1 unspecified atom stereocenters. The minimum atomic E-state index is -3.70. The number of benzene rings is 2. The smallest absolute Gasteiger partial charge is 0.243 e. The van der Waals surface area contributed by atoms with Crippen LogP contribution in [0.1, 0.15) is 28.3 Å². The summed E-state index contributed by atoms with van der Waals surface area (Å²) in [6.07, 6.45) is 1.67. The molecule has 9 heteroatoms. The summed E-state index contributed by atoms with van der Waals surface area (Å²) in [5.74, 6) is -0.333. The summed E-state index contributed by atoms with van der Waals surface area (Å²) in [4.78, 5) is 3.68. The molecule has 2 aromatic carbocycles. The number of nitrogens with one attached hydrogen (secondary N) is 2. The number of H-pyrrole nitrogens is 1. The van der Waals surface area contributed by atoms with E-state index >= 15 is 0 Å². The maximum absolute atomic E-state index is 13.4. The van der Waals surface area contributed by atoms with E-state index in [1.807, 2.05) is 26.0 Å². The second-order valence-corrected chi connectivity index (χ2v) is 12.1. The maximum Gasteiger partial charge on any atom is 0.243 e. The zero-order valence-corrected chi connectivity index (χ0v) is 19.5. The fraction of sp³-hybridized carbons (Fsp3) is 0.364. The molecule has 0 radical (unpaired) electrons. The van der Waals surface area contributed by atoms with Crippen LogP contribution in [0.4, 0.5) is 0 Å². The van der Waals surface area contributed by atoms with Crippen LogP contribution in [0.15, 0.2) is 47.4 Å². The predicted molar refractivity (Wildman–Crippen MR) is 122 cm³/mol. The van der Waals surface area contributed by atoms with Gasteiger partial charge in [-0.25, -0.2) is 21.6 Å². The molecule has 0 fully saturated rings. The maximum atomic E-state index is 13.4. The number of hydrogen-bond acceptors (Lipinski definition) is 4. The molecular weight excluding hydrogens is 434 g/mol. The molecule has 7 nitrogen and oxygen atoms in total. The van der Waals surface area contributed by atoms with Crippen molar-refractivity contribution in [2.75, 3.05) is 25.9 Å². The van der Waals surface area contributed by atoms with Crippen molar-refractivity contribution in [3.63, 3.8) is 0 Å². The number of fused-ring (bicyclic) bond motifs is 3. The van der Waals surface area contributed by atoms with Gasteiger partial charge in [0.15, 0.2) is 0 Å². The molecule has 166 valence electrons. The van der Waals surface area contributed by atoms with Gasteiger partial charge in [-0.2, -0.15) is 4.31 Å². The van der Waals surface area contributed by atoms with Gasteiger partial charge in [-0.15, -0.1) is 0 Å². The minimum absolute atomic E-state index is 0.123. The Balaban J connectivity index is 1.75. The Morgan fingerprint density at radius 2 is 1.71 bits per heavy atom. The summed E-state index contributed by atoms with van der Waals surface area (Å²) in [6, 6.07) is 12.9. The summed E-state index contributed by atoms with van der Waals surface area (Å²) in [5.41, 5.74) is 5.05. The second kappa shape index (κ2) is 8.05. The van der Waals surface area contributed by atoms with Crippen LogP contribution >= 0.6 is 0 Å². The molecule has 3 aromatic rings. The number of aryl methyl sites for hydroxylation is 2.